The molecule has 0 unspecified atom stereocenters. The summed E-state index contributed by atoms with van der Waals surface area (Å²) in [5, 5.41) is 4.29. The molecule has 166 valence electrons. The molecule has 6 heteroatoms. The molecule has 1 N–H and O–H groups in total. The van der Waals surface area contributed by atoms with Crippen LogP contribution in [0.2, 0.25) is 0 Å². The quantitative estimate of drug-likeness (QED) is 0.304. The lowest BCUT2D eigenvalue weighted by Gasteiger charge is -2.28. The summed E-state index contributed by atoms with van der Waals surface area (Å²) in [4.78, 5) is 6.93. The summed E-state index contributed by atoms with van der Waals surface area (Å²) in [5.41, 5.74) is 8.01. The molecule has 0 saturated carbocycles. The normalized spacial score (nSPS) is 17.9. The first kappa shape index (κ1) is 21.9. The van der Waals surface area contributed by atoms with Gasteiger partial charge in [0.05, 0.1) is 17.8 Å². The van der Waals surface area contributed by atoms with E-state index in [0.717, 1.165) is 21.5 Å². The largest absolute Gasteiger partial charge is 0.351 e. The molecule has 2 aromatic heterocycles. The van der Waals surface area contributed by atoms with Crippen molar-refractivity contribution in [2.24, 2.45) is 0 Å². The molecule has 5 rings (SSSR count). The highest BCUT2D eigenvalue weighted by Gasteiger charge is 2.42. The molecule has 1 fully saturated rings. The Labute approximate surface area is 208 Å². The predicted octanol–water partition coefficient (Wildman–Crippen LogP) is 6.74. The van der Waals surface area contributed by atoms with Gasteiger partial charge in [0.25, 0.3) is 0 Å². The summed E-state index contributed by atoms with van der Waals surface area (Å²) >= 11 is 9.51. The van der Waals surface area contributed by atoms with Gasteiger partial charge >= 0.3 is 0 Å². The van der Waals surface area contributed by atoms with Crippen molar-refractivity contribution < 1.29 is 0 Å². The fourth-order valence-corrected chi connectivity index (χ4v) is 5.56. The van der Waals surface area contributed by atoms with Crippen LogP contribution in [0.3, 0.4) is 0 Å². The van der Waals surface area contributed by atoms with Gasteiger partial charge in [-0.05, 0) is 92.6 Å². The van der Waals surface area contributed by atoms with Gasteiger partial charge in [-0.1, -0.05) is 40.2 Å². The van der Waals surface area contributed by atoms with E-state index in [1.54, 1.807) is 0 Å². The summed E-state index contributed by atoms with van der Waals surface area (Å²) in [6.45, 7) is 6.46. The summed E-state index contributed by atoms with van der Waals surface area (Å²) in [6, 6.07) is 25.2. The smallest absolute Gasteiger partial charge is 0.174 e. The van der Waals surface area contributed by atoms with E-state index < -0.39 is 0 Å². The van der Waals surface area contributed by atoms with Gasteiger partial charge < -0.3 is 14.8 Å². The number of aromatic nitrogens is 2. The second-order valence-corrected chi connectivity index (χ2v) is 9.78. The Bertz CT molecular complexity index is 1330. The van der Waals surface area contributed by atoms with Crippen LogP contribution in [0.1, 0.15) is 40.3 Å². The number of halogens is 1. The number of thiocarbonyl (C=S) groups is 1. The maximum Gasteiger partial charge on any atom is 0.174 e. The number of hydrogen-bond acceptors (Lipinski definition) is 2. The fraction of sp³-hybridized carbons (Fsp3) is 0.185. The van der Waals surface area contributed by atoms with Gasteiger partial charge in [0.1, 0.15) is 0 Å². The van der Waals surface area contributed by atoms with Crippen molar-refractivity contribution in [1.82, 2.24) is 14.9 Å². The van der Waals surface area contributed by atoms with Crippen molar-refractivity contribution in [3.8, 4) is 5.69 Å². The fourth-order valence-electron chi connectivity index (χ4n) is 4.83. The molecule has 2 atom stereocenters. The predicted molar refractivity (Wildman–Crippen MR) is 142 cm³/mol. The third kappa shape index (κ3) is 3.98. The van der Waals surface area contributed by atoms with E-state index in [2.05, 4.69) is 117 Å². The standard InChI is InChI=1S/C27H25BrN4S/c1-17-8-6-10-21(14-17)32-26(25(30-27(32)33)24-12-4-5-13-29-24)23-15-18(2)31(19(23)3)22-11-7-9-20(28)16-22/h4-16,25-26H,1-3H3,(H,30,33)/t25-,26+/m0/s1. The monoisotopic (exact) mass is 516 g/mol. The van der Waals surface area contributed by atoms with Gasteiger partial charge in [-0.15, -0.1) is 0 Å². The molecule has 2 aromatic carbocycles. The summed E-state index contributed by atoms with van der Waals surface area (Å²) in [7, 11) is 0. The van der Waals surface area contributed by atoms with Gasteiger partial charge in [-0.25, -0.2) is 0 Å². The molecular formula is C27H25BrN4S. The number of nitrogens with one attached hydrogen (secondary N) is 1. The van der Waals surface area contributed by atoms with E-state index in [1.807, 2.05) is 18.3 Å². The van der Waals surface area contributed by atoms with E-state index in [0.29, 0.717) is 5.11 Å². The first-order valence-electron chi connectivity index (χ1n) is 11.0. The zero-order valence-electron chi connectivity index (χ0n) is 18.8. The molecule has 0 bridgehead atoms. The average Bonchev–Trinajstić information content (AvgIpc) is 3.29. The maximum absolute atomic E-state index is 5.89. The number of pyridine rings is 1. The number of anilines is 1. The van der Waals surface area contributed by atoms with Crippen molar-refractivity contribution in [3.63, 3.8) is 0 Å². The molecule has 0 aliphatic carbocycles. The third-order valence-electron chi connectivity index (χ3n) is 6.23. The molecule has 1 aliphatic rings. The first-order valence-corrected chi connectivity index (χ1v) is 12.2. The van der Waals surface area contributed by atoms with Gasteiger partial charge in [-0.2, -0.15) is 0 Å². The van der Waals surface area contributed by atoms with E-state index in [4.69, 9.17) is 12.2 Å². The third-order valence-corrected chi connectivity index (χ3v) is 7.04. The Morgan fingerprint density at radius 1 is 0.909 bits per heavy atom. The molecule has 1 saturated heterocycles. The van der Waals surface area contributed by atoms with Crippen LogP contribution >= 0.6 is 28.1 Å². The molecule has 4 aromatic rings. The Hall–Kier alpha value is -2.96. The van der Waals surface area contributed by atoms with Crippen LogP contribution in [0.25, 0.3) is 5.69 Å². The molecule has 0 amide bonds. The molecule has 0 radical (unpaired) electrons. The summed E-state index contributed by atoms with van der Waals surface area (Å²) in [5.74, 6) is 0. The topological polar surface area (TPSA) is 33.1 Å². The van der Waals surface area contributed by atoms with Crippen LogP contribution in [-0.4, -0.2) is 14.7 Å². The number of benzene rings is 2. The maximum atomic E-state index is 5.89. The van der Waals surface area contributed by atoms with Crippen molar-refractivity contribution in [2.45, 2.75) is 32.9 Å². The first-order chi connectivity index (χ1) is 15.9. The second-order valence-electron chi connectivity index (χ2n) is 8.48. The molecule has 33 heavy (non-hydrogen) atoms. The Morgan fingerprint density at radius 2 is 1.70 bits per heavy atom. The average molecular weight is 517 g/mol. The summed E-state index contributed by atoms with van der Waals surface area (Å²) in [6.07, 6.45) is 1.84. The van der Waals surface area contributed by atoms with Crippen molar-refractivity contribution in [1.29, 1.82) is 0 Å². The van der Waals surface area contributed by atoms with Gasteiger partial charge in [0.2, 0.25) is 0 Å². The van der Waals surface area contributed by atoms with Crippen molar-refractivity contribution >= 4 is 38.9 Å². The highest BCUT2D eigenvalue weighted by molar-refractivity contribution is 9.10. The minimum Gasteiger partial charge on any atom is -0.351 e. The Balaban J connectivity index is 1.69. The lowest BCUT2D eigenvalue weighted by Crippen LogP contribution is -2.29. The minimum absolute atomic E-state index is 0.0266. The van der Waals surface area contributed by atoms with Gasteiger partial charge in [-0.3, -0.25) is 4.98 Å². The van der Waals surface area contributed by atoms with Crippen LogP contribution in [-0.2, 0) is 0 Å². The number of aryl methyl sites for hydroxylation is 2. The van der Waals surface area contributed by atoms with Crippen LogP contribution in [0.4, 0.5) is 5.69 Å². The van der Waals surface area contributed by atoms with Crippen LogP contribution in [0, 0.1) is 20.8 Å². The molecular weight excluding hydrogens is 492 g/mol. The van der Waals surface area contributed by atoms with Gasteiger partial charge in [0, 0.05) is 33.4 Å². The van der Waals surface area contributed by atoms with Crippen molar-refractivity contribution in [2.75, 3.05) is 4.90 Å². The molecule has 3 heterocycles. The number of rotatable bonds is 4. The van der Waals surface area contributed by atoms with Crippen LogP contribution in [0.5, 0.6) is 0 Å². The molecule has 1 aliphatic heterocycles. The van der Waals surface area contributed by atoms with Crippen LogP contribution < -0.4 is 10.2 Å². The van der Waals surface area contributed by atoms with Crippen LogP contribution in [0.15, 0.2) is 83.5 Å². The highest BCUT2D eigenvalue weighted by atomic mass is 79.9. The molecule has 4 nitrogen and oxygen atoms in total. The molecule has 0 spiro atoms. The van der Waals surface area contributed by atoms with Gasteiger partial charge in [0.15, 0.2) is 5.11 Å². The highest BCUT2D eigenvalue weighted by Crippen LogP contribution is 2.43. The van der Waals surface area contributed by atoms with Crippen molar-refractivity contribution in [3.05, 3.63) is 112 Å². The lowest BCUT2D eigenvalue weighted by molar-refractivity contribution is 0.565. The van der Waals surface area contributed by atoms with E-state index in [1.165, 1.54) is 22.5 Å². The zero-order chi connectivity index (χ0) is 23.1. The lowest BCUT2D eigenvalue weighted by atomic mass is 9.96. The summed E-state index contributed by atoms with van der Waals surface area (Å²) < 4.78 is 3.37. The van der Waals surface area contributed by atoms with E-state index >= 15 is 0 Å². The second kappa shape index (κ2) is 8.76. The SMILES string of the molecule is Cc1cccc(N2C(=S)N[C@@H](c3ccccn3)[C@H]2c2cc(C)n(-c3cccc(Br)c3)c2C)c1. The Morgan fingerprint density at radius 3 is 2.42 bits per heavy atom. The number of hydrogen-bond donors (Lipinski definition) is 1. The van der Waals surface area contributed by atoms with E-state index in [9.17, 15) is 0 Å². The van der Waals surface area contributed by atoms with E-state index in [-0.39, 0.29) is 12.1 Å². The zero-order valence-corrected chi connectivity index (χ0v) is 21.2. The minimum atomic E-state index is -0.0596. The Kier molecular flexibility index (Phi) is 5.81. The number of nitrogens with zero attached hydrogens (tertiary/aromatic N) is 3.